The van der Waals surface area contributed by atoms with E-state index in [2.05, 4.69) is 37.0 Å². The summed E-state index contributed by atoms with van der Waals surface area (Å²) in [7, 11) is 1.98. The minimum atomic E-state index is -0.0499. The van der Waals surface area contributed by atoms with Crippen molar-refractivity contribution >= 4 is 45.9 Å². The molecule has 4 aromatic rings. The number of likely N-dealkylation sites (tertiary alicyclic amines) is 1. The van der Waals surface area contributed by atoms with Gasteiger partial charge in [0.15, 0.2) is 5.82 Å². The quantitative estimate of drug-likeness (QED) is 0.347. The topological polar surface area (TPSA) is 109 Å². The fourth-order valence-electron chi connectivity index (χ4n) is 4.19. The molecular formula is C26H25ClN8O2. The molecule has 1 unspecified atom stereocenters. The van der Waals surface area contributed by atoms with Crippen LogP contribution in [0.1, 0.15) is 12.1 Å². The molecule has 1 aliphatic heterocycles. The van der Waals surface area contributed by atoms with Crippen molar-refractivity contribution < 1.29 is 9.53 Å². The molecule has 11 heteroatoms. The van der Waals surface area contributed by atoms with Gasteiger partial charge in [-0.1, -0.05) is 18.2 Å². The van der Waals surface area contributed by atoms with Gasteiger partial charge in [-0.25, -0.2) is 15.0 Å². The number of fused-ring (bicyclic) bond motifs is 1. The second kappa shape index (κ2) is 10.8. The average Bonchev–Trinajstić information content (AvgIpc) is 3.43. The van der Waals surface area contributed by atoms with Crippen molar-refractivity contribution in [2.45, 2.75) is 19.1 Å². The molecule has 1 saturated heterocycles. The average molecular weight is 517 g/mol. The highest BCUT2D eigenvalue weighted by Crippen LogP contribution is 2.31. The molecule has 1 aliphatic rings. The number of carbonyl (C=O) groups is 1. The fourth-order valence-corrected chi connectivity index (χ4v) is 4.42. The summed E-state index contributed by atoms with van der Waals surface area (Å²) in [5.41, 5.74) is 2.77. The number of rotatable bonds is 8. The van der Waals surface area contributed by atoms with E-state index in [1.165, 1.54) is 12.4 Å². The summed E-state index contributed by atoms with van der Waals surface area (Å²) in [5, 5.41) is 11.6. The highest BCUT2D eigenvalue weighted by atomic mass is 35.5. The molecule has 1 fully saturated rings. The van der Waals surface area contributed by atoms with E-state index in [0.29, 0.717) is 46.4 Å². The third-order valence-electron chi connectivity index (χ3n) is 6.22. The lowest BCUT2D eigenvalue weighted by Gasteiger charge is -2.26. The van der Waals surface area contributed by atoms with Crippen molar-refractivity contribution in [1.82, 2.24) is 30.0 Å². The number of amides is 1. The second-order valence-electron chi connectivity index (χ2n) is 8.58. The van der Waals surface area contributed by atoms with E-state index in [9.17, 15) is 4.79 Å². The Morgan fingerprint density at radius 3 is 2.97 bits per heavy atom. The Morgan fingerprint density at radius 2 is 2.19 bits per heavy atom. The Labute approximate surface area is 219 Å². The lowest BCUT2D eigenvalue weighted by Crippen LogP contribution is -2.36. The van der Waals surface area contributed by atoms with E-state index in [-0.39, 0.29) is 18.6 Å². The Kier molecular flexibility index (Phi) is 7.09. The first-order valence-electron chi connectivity index (χ1n) is 11.7. The molecule has 1 amide bonds. The van der Waals surface area contributed by atoms with Gasteiger partial charge in [0.05, 0.1) is 10.5 Å². The molecule has 10 nitrogen and oxygen atoms in total. The van der Waals surface area contributed by atoms with E-state index in [0.717, 1.165) is 17.9 Å². The van der Waals surface area contributed by atoms with Crippen LogP contribution in [0.4, 0.5) is 17.3 Å². The molecule has 1 aromatic carbocycles. The lowest BCUT2D eigenvalue weighted by atomic mass is 10.2. The number of aromatic nitrogens is 5. The molecule has 1 atom stereocenters. The molecular weight excluding hydrogens is 492 g/mol. The van der Waals surface area contributed by atoms with Crippen molar-refractivity contribution in [3.63, 3.8) is 0 Å². The molecule has 3 aromatic heterocycles. The van der Waals surface area contributed by atoms with Gasteiger partial charge >= 0.3 is 0 Å². The summed E-state index contributed by atoms with van der Waals surface area (Å²) >= 11 is 6.47. The van der Waals surface area contributed by atoms with Crippen molar-refractivity contribution in [3.05, 3.63) is 78.4 Å². The van der Waals surface area contributed by atoms with Crippen molar-refractivity contribution in [2.75, 3.05) is 30.4 Å². The second-order valence-corrected chi connectivity index (χ2v) is 8.98. The maximum absolute atomic E-state index is 12.0. The van der Waals surface area contributed by atoms with E-state index in [1.54, 1.807) is 29.3 Å². The summed E-state index contributed by atoms with van der Waals surface area (Å²) in [6, 6.07) is 13.0. The van der Waals surface area contributed by atoms with Crippen LogP contribution >= 0.6 is 11.6 Å². The molecule has 1 N–H and O–H groups in total. The molecule has 0 saturated carbocycles. The van der Waals surface area contributed by atoms with Crippen molar-refractivity contribution in [2.24, 2.45) is 0 Å². The minimum Gasteiger partial charge on any atom is -0.486 e. The monoisotopic (exact) mass is 516 g/mol. The van der Waals surface area contributed by atoms with Gasteiger partial charge in [0.2, 0.25) is 5.91 Å². The smallest absolute Gasteiger partial charge is 0.246 e. The Hall–Kier alpha value is -4.31. The van der Waals surface area contributed by atoms with Crippen LogP contribution in [0.15, 0.2) is 67.6 Å². The number of benzene rings is 1. The van der Waals surface area contributed by atoms with Crippen LogP contribution in [0.2, 0.25) is 5.02 Å². The number of halogens is 1. The predicted octanol–water partition coefficient (Wildman–Crippen LogP) is 4.01. The molecule has 0 aliphatic carbocycles. The lowest BCUT2D eigenvalue weighted by molar-refractivity contribution is -0.125. The highest BCUT2D eigenvalue weighted by molar-refractivity contribution is 6.32. The number of anilines is 3. The summed E-state index contributed by atoms with van der Waals surface area (Å²) in [6.07, 6.45) is 5.31. The van der Waals surface area contributed by atoms with E-state index < -0.39 is 0 Å². The van der Waals surface area contributed by atoms with Gasteiger partial charge in [-0.15, -0.1) is 0 Å². The summed E-state index contributed by atoms with van der Waals surface area (Å²) < 4.78 is 5.78. The van der Waals surface area contributed by atoms with Crippen LogP contribution in [0.5, 0.6) is 5.75 Å². The molecule has 5 rings (SSSR count). The zero-order chi connectivity index (χ0) is 25.8. The molecule has 4 heterocycles. The van der Waals surface area contributed by atoms with Crippen LogP contribution in [0.3, 0.4) is 0 Å². The van der Waals surface area contributed by atoms with Crippen molar-refractivity contribution in [1.29, 1.82) is 0 Å². The largest absolute Gasteiger partial charge is 0.486 e. The first-order chi connectivity index (χ1) is 18.0. The summed E-state index contributed by atoms with van der Waals surface area (Å²) in [4.78, 5) is 29.5. The van der Waals surface area contributed by atoms with E-state index in [4.69, 9.17) is 21.3 Å². The fraction of sp³-hybridized carbons (Fsp3) is 0.231. The number of nitrogens with zero attached hydrogens (tertiary/aromatic N) is 7. The van der Waals surface area contributed by atoms with Crippen LogP contribution in [-0.4, -0.2) is 62.1 Å². The van der Waals surface area contributed by atoms with Crippen LogP contribution < -0.4 is 15.0 Å². The standard InChI is InChI=1S/C26H25ClN8O2/c1-3-24(36)35-12-10-19(14-35)34(2)23-9-7-21-25(32-23)26(29-16-28-21)31-17-6-8-22(20(27)13-17)37-15-18-5-4-11-30-33-18/h3-9,11,13,16,19H,1,10,12,14-15H2,2H3,(H,28,29,31). The zero-order valence-corrected chi connectivity index (χ0v) is 21.0. The Morgan fingerprint density at radius 1 is 1.30 bits per heavy atom. The molecule has 0 radical (unpaired) electrons. The summed E-state index contributed by atoms with van der Waals surface area (Å²) in [6.45, 7) is 5.17. The van der Waals surface area contributed by atoms with Crippen molar-refractivity contribution in [3.8, 4) is 5.75 Å². The van der Waals surface area contributed by atoms with Crippen LogP contribution in [0, 0.1) is 0 Å². The molecule has 37 heavy (non-hydrogen) atoms. The van der Waals surface area contributed by atoms with Gasteiger partial charge in [0.1, 0.15) is 35.7 Å². The number of hydrogen-bond acceptors (Lipinski definition) is 9. The number of pyridine rings is 1. The van der Waals surface area contributed by atoms with E-state index >= 15 is 0 Å². The highest BCUT2D eigenvalue weighted by Gasteiger charge is 2.28. The van der Waals surface area contributed by atoms with Crippen LogP contribution in [-0.2, 0) is 11.4 Å². The first-order valence-corrected chi connectivity index (χ1v) is 12.1. The Balaban J connectivity index is 1.33. The number of ether oxygens (including phenoxy) is 1. The SMILES string of the molecule is C=CC(=O)N1CCC(N(C)c2ccc3ncnc(Nc4ccc(OCc5cccnn5)c(Cl)c4)c3n2)C1. The van der Waals surface area contributed by atoms with Gasteiger partial charge in [0.25, 0.3) is 0 Å². The maximum atomic E-state index is 12.0. The van der Waals surface area contributed by atoms with E-state index in [1.807, 2.05) is 31.3 Å². The summed E-state index contributed by atoms with van der Waals surface area (Å²) in [5.74, 6) is 1.81. The van der Waals surface area contributed by atoms with Gasteiger partial charge in [-0.05, 0) is 55.0 Å². The van der Waals surface area contributed by atoms with Gasteiger partial charge in [-0.2, -0.15) is 10.2 Å². The number of likely N-dealkylation sites (N-methyl/N-ethyl adjacent to an activating group) is 1. The third kappa shape index (κ3) is 5.44. The van der Waals surface area contributed by atoms with Crippen LogP contribution in [0.25, 0.3) is 11.0 Å². The van der Waals surface area contributed by atoms with Gasteiger partial charge in [-0.3, -0.25) is 4.79 Å². The predicted molar refractivity (Wildman–Crippen MR) is 142 cm³/mol. The van der Waals surface area contributed by atoms with Gasteiger partial charge < -0.3 is 19.9 Å². The normalized spacial score (nSPS) is 15.0. The number of nitrogens with one attached hydrogen (secondary N) is 1. The third-order valence-corrected chi connectivity index (χ3v) is 6.52. The zero-order valence-electron chi connectivity index (χ0n) is 20.2. The molecule has 0 bridgehead atoms. The number of carbonyl (C=O) groups excluding carboxylic acids is 1. The minimum absolute atomic E-state index is 0.0499. The van der Waals surface area contributed by atoms with Gasteiger partial charge in [0, 0.05) is 38.1 Å². The first kappa shape index (κ1) is 24.4. The molecule has 0 spiro atoms. The number of hydrogen-bond donors (Lipinski definition) is 1. The molecule has 188 valence electrons. The Bertz CT molecular complexity index is 1440. The maximum Gasteiger partial charge on any atom is 0.246 e.